The van der Waals surface area contributed by atoms with Crippen molar-refractivity contribution in [2.45, 2.75) is 122 Å². The molecule has 332 valence electrons. The second-order valence-electron chi connectivity index (χ2n) is 17.8. The van der Waals surface area contributed by atoms with Crippen LogP contribution in [0.4, 0.5) is 5.69 Å². The predicted molar refractivity (Wildman–Crippen MR) is 238 cm³/mol. The van der Waals surface area contributed by atoms with E-state index in [1.165, 1.54) is 0 Å². The molecule has 0 aromatic heterocycles. The van der Waals surface area contributed by atoms with Crippen molar-refractivity contribution in [2.75, 3.05) is 17.6 Å². The van der Waals surface area contributed by atoms with Gasteiger partial charge in [0.05, 0.1) is 22.5 Å². The lowest BCUT2D eigenvalue weighted by atomic mass is 9.73. The number of unbranched alkanes of at least 4 members (excludes halogenated alkanes) is 2. The summed E-state index contributed by atoms with van der Waals surface area (Å²) in [5.74, 6) is -2.16. The van der Waals surface area contributed by atoms with Crippen LogP contribution in [0.25, 0.3) is 0 Å². The van der Waals surface area contributed by atoms with Crippen LogP contribution in [0.5, 0.6) is 0 Å². The van der Waals surface area contributed by atoms with Gasteiger partial charge in [-0.05, 0) is 117 Å². The van der Waals surface area contributed by atoms with Gasteiger partial charge in [0.15, 0.2) is 9.84 Å². The molecule has 3 aliphatic heterocycles. The van der Waals surface area contributed by atoms with Gasteiger partial charge in [-0.3, -0.25) is 34.1 Å². The van der Waals surface area contributed by atoms with Gasteiger partial charge in [-0.2, -0.15) is 0 Å². The van der Waals surface area contributed by atoms with Gasteiger partial charge in [-0.15, -0.1) is 0 Å². The molecule has 3 N–H and O–H groups in total. The van der Waals surface area contributed by atoms with Crippen molar-refractivity contribution < 1.29 is 37.2 Å². The summed E-state index contributed by atoms with van der Waals surface area (Å²) in [6.07, 6.45) is 4.56. The summed E-state index contributed by atoms with van der Waals surface area (Å²) >= 11 is 6.19. The van der Waals surface area contributed by atoms with Crippen molar-refractivity contribution in [1.29, 1.82) is 0 Å². The van der Waals surface area contributed by atoms with Crippen molar-refractivity contribution in [3.8, 4) is 0 Å². The van der Waals surface area contributed by atoms with Crippen molar-refractivity contribution in [3.63, 3.8) is 0 Å². The van der Waals surface area contributed by atoms with Gasteiger partial charge in [-0.1, -0.05) is 63.1 Å². The van der Waals surface area contributed by atoms with Gasteiger partial charge in [0.25, 0.3) is 11.8 Å². The first kappa shape index (κ1) is 46.4. The number of anilines is 1. The number of carbonyl (C=O) groups excluding carboxylic acids is 6. The van der Waals surface area contributed by atoms with E-state index in [4.69, 9.17) is 11.6 Å². The lowest BCUT2D eigenvalue weighted by Gasteiger charge is -2.49. The number of carbonyl (C=O) groups is 6. The molecule has 2 fully saturated rings. The van der Waals surface area contributed by atoms with Gasteiger partial charge in [0, 0.05) is 53.8 Å². The maximum atomic E-state index is 14.6. The molecule has 3 aliphatic rings. The third-order valence-electron chi connectivity index (χ3n) is 12.6. The van der Waals surface area contributed by atoms with E-state index in [1.54, 1.807) is 73.0 Å². The Bertz CT molecular complexity index is 2300. The van der Waals surface area contributed by atoms with Crippen molar-refractivity contribution in [2.24, 2.45) is 11.3 Å². The normalized spacial score (nSPS) is 21.0. The molecule has 13 nitrogen and oxygen atoms in total. The topological polar surface area (TPSA) is 179 Å². The Morgan fingerprint density at radius 2 is 1.61 bits per heavy atom. The highest BCUT2D eigenvalue weighted by atomic mass is 35.5. The van der Waals surface area contributed by atoms with Crippen LogP contribution in [0.3, 0.4) is 0 Å². The zero-order valence-electron chi connectivity index (χ0n) is 36.2. The van der Waals surface area contributed by atoms with E-state index >= 15 is 0 Å². The number of likely N-dealkylation sites (tertiary alicyclic amines) is 1. The molecule has 3 aromatic carbocycles. The second-order valence-corrected chi connectivity index (χ2v) is 20.8. The van der Waals surface area contributed by atoms with E-state index < -0.39 is 38.5 Å². The number of fused-ring (bicyclic) bond motifs is 1. The molecule has 6 amide bonds. The Morgan fingerprint density at radius 3 is 2.27 bits per heavy atom. The Morgan fingerprint density at radius 1 is 0.903 bits per heavy atom. The number of sulfone groups is 1. The molecule has 0 aliphatic carbocycles. The fraction of sp³-hybridized carbons (Fsp3) is 0.489. The van der Waals surface area contributed by atoms with Gasteiger partial charge in [-0.25, -0.2) is 8.42 Å². The highest BCUT2D eigenvalue weighted by Gasteiger charge is 2.49. The second kappa shape index (κ2) is 19.5. The highest BCUT2D eigenvalue weighted by Crippen LogP contribution is 2.45. The average molecular weight is 889 g/mol. The van der Waals surface area contributed by atoms with Crippen molar-refractivity contribution in [1.82, 2.24) is 20.4 Å². The summed E-state index contributed by atoms with van der Waals surface area (Å²) in [4.78, 5) is 81.6. The number of hydrogen-bond acceptors (Lipinski definition) is 8. The first-order chi connectivity index (χ1) is 29.4. The summed E-state index contributed by atoms with van der Waals surface area (Å²) in [6.45, 7) is 9.70. The molecule has 4 atom stereocenters. The molecule has 0 bridgehead atoms. The smallest absolute Gasteiger partial charge is 0.255 e. The number of aryl methyl sites for hydroxylation is 1. The molecule has 2 saturated heterocycles. The zero-order chi connectivity index (χ0) is 44.9. The summed E-state index contributed by atoms with van der Waals surface area (Å²) in [5, 5.41) is 8.13. The molecule has 3 aromatic rings. The Hall–Kier alpha value is -5.08. The standard InChI is InChI=1S/C47H58ClN5O8S/c1-29(2)40(28-62(60,61)30(3)4)53-38(32-13-17-34(48)18-14-32)23-24-47(5,46(53)59)26-42(55)50-35-19-15-33(16-20-35)43(56)49-25-8-6-7-10-31-11-9-12-36-37(31)27-52(45(36)58)39-21-22-41(54)51-44(39)57/h9,11-20,29-30,38-40H,6-8,10,21-28H2,1-5H3,(H,49,56)(H,50,55)(H,51,54,57)/t38-,39?,40?,47+/m0/s1. The molecular formula is C47H58ClN5O8S. The van der Waals surface area contributed by atoms with Crippen LogP contribution in [-0.2, 0) is 42.0 Å². The van der Waals surface area contributed by atoms with Gasteiger partial charge >= 0.3 is 0 Å². The number of rotatable bonds is 17. The van der Waals surface area contributed by atoms with Gasteiger partial charge < -0.3 is 20.4 Å². The minimum Gasteiger partial charge on any atom is -0.352 e. The van der Waals surface area contributed by atoms with Crippen LogP contribution in [0.1, 0.15) is 129 Å². The first-order valence-electron chi connectivity index (χ1n) is 21.6. The van der Waals surface area contributed by atoms with Crippen LogP contribution < -0.4 is 16.0 Å². The summed E-state index contributed by atoms with van der Waals surface area (Å²) < 4.78 is 26.5. The van der Waals surface area contributed by atoms with Crippen molar-refractivity contribution in [3.05, 3.63) is 99.6 Å². The van der Waals surface area contributed by atoms with Crippen LogP contribution in [-0.4, -0.2) is 83.3 Å². The molecule has 3 heterocycles. The maximum absolute atomic E-state index is 14.6. The largest absolute Gasteiger partial charge is 0.352 e. The molecule has 15 heteroatoms. The zero-order valence-corrected chi connectivity index (χ0v) is 37.7. The van der Waals surface area contributed by atoms with Crippen LogP contribution in [0.15, 0.2) is 66.7 Å². The number of imide groups is 1. The van der Waals surface area contributed by atoms with E-state index in [0.717, 1.165) is 42.4 Å². The van der Waals surface area contributed by atoms with Gasteiger partial charge in [0.1, 0.15) is 6.04 Å². The Labute approximate surface area is 369 Å². The first-order valence-corrected chi connectivity index (χ1v) is 23.7. The van der Waals surface area contributed by atoms with Crippen LogP contribution in [0.2, 0.25) is 5.02 Å². The Balaban J connectivity index is 0.991. The fourth-order valence-electron chi connectivity index (χ4n) is 8.81. The number of nitrogens with zero attached hydrogens (tertiary/aromatic N) is 2. The van der Waals surface area contributed by atoms with E-state index in [9.17, 15) is 37.2 Å². The van der Waals surface area contributed by atoms with Crippen molar-refractivity contribution >= 4 is 62.6 Å². The lowest BCUT2D eigenvalue weighted by Crippen LogP contribution is -2.57. The average Bonchev–Trinajstić information content (AvgIpc) is 3.56. The minimum absolute atomic E-state index is 0.106. The quantitative estimate of drug-likeness (QED) is 0.0980. The molecule has 0 radical (unpaired) electrons. The summed E-state index contributed by atoms with van der Waals surface area (Å²) in [6, 6.07) is 17.8. The highest BCUT2D eigenvalue weighted by molar-refractivity contribution is 7.92. The molecule has 6 rings (SSSR count). The number of amides is 6. The fourth-order valence-corrected chi connectivity index (χ4v) is 10.3. The molecule has 2 unspecified atom stereocenters. The van der Waals surface area contributed by atoms with Crippen LogP contribution >= 0.6 is 11.6 Å². The third kappa shape index (κ3) is 10.6. The number of benzene rings is 3. The van der Waals surface area contributed by atoms with E-state index in [2.05, 4.69) is 16.0 Å². The molecule has 62 heavy (non-hydrogen) atoms. The van der Waals surface area contributed by atoms with Gasteiger partial charge in [0.2, 0.25) is 23.6 Å². The molecule has 0 saturated carbocycles. The van der Waals surface area contributed by atoms with Crippen LogP contribution in [0, 0.1) is 11.3 Å². The van der Waals surface area contributed by atoms with E-state index in [0.29, 0.717) is 54.2 Å². The summed E-state index contributed by atoms with van der Waals surface area (Å²) in [7, 11) is -3.51. The monoisotopic (exact) mass is 887 g/mol. The SMILES string of the molecule is CC(C)C(CS(=O)(=O)C(C)C)N1C(=O)[C@@](C)(CC(=O)Nc2ccc(C(=O)NCCCCCc3cccc4c3CN(C3CCC(=O)NC3=O)C4=O)cc2)CC[C@H]1c1ccc(Cl)cc1. The van der Waals surface area contributed by atoms with E-state index in [1.807, 2.05) is 38.1 Å². The number of piperidine rings is 2. The summed E-state index contributed by atoms with van der Waals surface area (Å²) in [5.41, 5.74) is 3.27. The lowest BCUT2D eigenvalue weighted by molar-refractivity contribution is -0.155. The maximum Gasteiger partial charge on any atom is 0.255 e. The predicted octanol–water partition coefficient (Wildman–Crippen LogP) is 6.79. The van der Waals surface area contributed by atoms with E-state index in [-0.39, 0.29) is 60.1 Å². The number of nitrogens with one attached hydrogen (secondary N) is 3. The molecule has 0 spiro atoms. The minimum atomic E-state index is -3.51. The number of hydrogen-bond donors (Lipinski definition) is 3. The molecular weight excluding hydrogens is 830 g/mol. The Kier molecular flexibility index (Phi) is 14.6. The third-order valence-corrected chi connectivity index (χ3v) is 15.1. The number of halogens is 1.